The van der Waals surface area contributed by atoms with E-state index in [-0.39, 0.29) is 0 Å². The Morgan fingerprint density at radius 1 is 1.00 bits per heavy atom. The molecule has 0 aliphatic rings. The number of carbonyl (C=O) groups is 2. The predicted molar refractivity (Wildman–Crippen MR) is 76.9 cm³/mol. The van der Waals surface area contributed by atoms with Crippen LogP contribution >= 0.6 is 0 Å². The molecule has 0 bridgehead atoms. The topological polar surface area (TPSA) is 83.4 Å². The van der Waals surface area contributed by atoms with Crippen LogP contribution in [0, 0.1) is 10.8 Å². The van der Waals surface area contributed by atoms with Crippen LogP contribution in [-0.2, 0) is 9.59 Å². The molecule has 0 spiro atoms. The second-order valence-corrected chi connectivity index (χ2v) is 7.52. The number of nitrogens with zero attached hydrogens (tertiary/aromatic N) is 2. The van der Waals surface area contributed by atoms with Gasteiger partial charge in [-0.05, 0) is 0 Å². The van der Waals surface area contributed by atoms with E-state index in [9.17, 15) is 19.8 Å². The summed E-state index contributed by atoms with van der Waals surface area (Å²) in [7, 11) is 0. The van der Waals surface area contributed by atoms with Crippen LogP contribution in [0.5, 0.6) is 0 Å². The highest BCUT2D eigenvalue weighted by atomic mass is 16.4. The van der Waals surface area contributed by atoms with Crippen molar-refractivity contribution in [2.24, 2.45) is 10.8 Å². The molecule has 118 valence electrons. The van der Waals surface area contributed by atoms with Gasteiger partial charge in [0.1, 0.15) is 12.4 Å². The van der Waals surface area contributed by atoms with Gasteiger partial charge in [-0.25, -0.2) is 18.7 Å². The summed E-state index contributed by atoms with van der Waals surface area (Å²) in [6.07, 6.45) is 4.80. The van der Waals surface area contributed by atoms with Crippen molar-refractivity contribution >= 4 is 11.9 Å². The largest absolute Gasteiger partial charge is 0.478 e. The molecule has 1 heterocycles. The van der Waals surface area contributed by atoms with Crippen molar-refractivity contribution in [2.45, 2.75) is 53.6 Å². The highest BCUT2D eigenvalue weighted by Gasteiger charge is 2.40. The van der Waals surface area contributed by atoms with Gasteiger partial charge >= 0.3 is 11.9 Å². The third kappa shape index (κ3) is 3.83. The average molecular weight is 297 g/mol. The predicted octanol–water partition coefficient (Wildman–Crippen LogP) is 2.12. The zero-order valence-corrected chi connectivity index (χ0v) is 13.5. The first-order valence-electron chi connectivity index (χ1n) is 6.89. The Morgan fingerprint density at radius 2 is 1.52 bits per heavy atom. The zero-order valence-electron chi connectivity index (χ0n) is 13.5. The number of hydrogen-bond acceptors (Lipinski definition) is 2. The zero-order chi connectivity index (χ0) is 16.6. The normalized spacial score (nSPS) is 15.5. The van der Waals surface area contributed by atoms with E-state index in [0.29, 0.717) is 0 Å². The van der Waals surface area contributed by atoms with E-state index < -0.39 is 34.9 Å². The van der Waals surface area contributed by atoms with Crippen LogP contribution < -0.4 is 4.57 Å². The molecule has 0 saturated heterocycles. The highest BCUT2D eigenvalue weighted by Crippen LogP contribution is 2.31. The maximum atomic E-state index is 11.5. The quantitative estimate of drug-likeness (QED) is 0.834. The van der Waals surface area contributed by atoms with Gasteiger partial charge in [-0.2, -0.15) is 0 Å². The van der Waals surface area contributed by atoms with Crippen molar-refractivity contribution in [1.29, 1.82) is 0 Å². The number of aromatic nitrogens is 2. The molecule has 6 heteroatoms. The molecule has 0 radical (unpaired) electrons. The van der Waals surface area contributed by atoms with Gasteiger partial charge in [0.15, 0.2) is 0 Å². The second kappa shape index (κ2) is 5.50. The van der Waals surface area contributed by atoms with Crippen molar-refractivity contribution in [2.75, 3.05) is 0 Å². The summed E-state index contributed by atoms with van der Waals surface area (Å²) in [5.74, 6) is -1.87. The van der Waals surface area contributed by atoms with Gasteiger partial charge in [0.2, 0.25) is 18.4 Å². The lowest BCUT2D eigenvalue weighted by molar-refractivity contribution is -0.722. The number of aliphatic carboxylic acids is 2. The molecule has 1 aromatic heterocycles. The first-order chi connectivity index (χ1) is 9.35. The molecule has 0 aromatic carbocycles. The van der Waals surface area contributed by atoms with Crippen LogP contribution in [-0.4, -0.2) is 26.7 Å². The van der Waals surface area contributed by atoms with E-state index in [1.54, 1.807) is 27.9 Å². The molecule has 1 aromatic rings. The fourth-order valence-electron chi connectivity index (χ4n) is 2.58. The van der Waals surface area contributed by atoms with E-state index in [1.807, 2.05) is 41.5 Å². The Hall–Kier alpha value is -1.85. The Bertz CT molecular complexity index is 488. The summed E-state index contributed by atoms with van der Waals surface area (Å²) in [4.78, 5) is 23.0. The molecule has 0 aliphatic heterocycles. The molecule has 0 saturated carbocycles. The smallest absolute Gasteiger partial charge is 0.349 e. The van der Waals surface area contributed by atoms with Crippen LogP contribution in [0.4, 0.5) is 0 Å². The lowest BCUT2D eigenvalue weighted by atomic mass is 9.86. The van der Waals surface area contributed by atoms with Crippen LogP contribution in [0.25, 0.3) is 0 Å². The first-order valence-corrected chi connectivity index (χ1v) is 6.89. The van der Waals surface area contributed by atoms with E-state index in [4.69, 9.17) is 0 Å². The van der Waals surface area contributed by atoms with Gasteiger partial charge < -0.3 is 10.2 Å². The van der Waals surface area contributed by atoms with E-state index in [2.05, 4.69) is 0 Å². The fourth-order valence-corrected chi connectivity index (χ4v) is 2.58. The number of rotatable bonds is 4. The molecule has 21 heavy (non-hydrogen) atoms. The first kappa shape index (κ1) is 17.2. The van der Waals surface area contributed by atoms with Crippen molar-refractivity contribution in [1.82, 2.24) is 4.57 Å². The van der Waals surface area contributed by atoms with Gasteiger partial charge in [-0.1, -0.05) is 41.5 Å². The minimum Gasteiger partial charge on any atom is -0.478 e. The van der Waals surface area contributed by atoms with Crippen molar-refractivity contribution < 1.29 is 24.4 Å². The lowest BCUT2D eigenvalue weighted by Crippen LogP contribution is -2.49. The van der Waals surface area contributed by atoms with Gasteiger partial charge in [0, 0.05) is 10.8 Å². The third-order valence-electron chi connectivity index (χ3n) is 3.38. The molecule has 0 amide bonds. The SMILES string of the molecule is CC(C)(C)[C@@H](C(=O)O)n1cc[n+]([C@H](C(=O)O)C(C)(C)C)c1. The fraction of sp³-hybridized carbons (Fsp3) is 0.667. The average Bonchev–Trinajstić information content (AvgIpc) is 2.60. The van der Waals surface area contributed by atoms with Crippen LogP contribution in [0.15, 0.2) is 18.7 Å². The summed E-state index contributed by atoms with van der Waals surface area (Å²) in [5, 5.41) is 18.9. The molecule has 0 unspecified atom stereocenters. The third-order valence-corrected chi connectivity index (χ3v) is 3.38. The maximum absolute atomic E-state index is 11.5. The van der Waals surface area contributed by atoms with Crippen LogP contribution in [0.1, 0.15) is 53.6 Å². The van der Waals surface area contributed by atoms with Crippen molar-refractivity contribution in [3.05, 3.63) is 18.7 Å². The molecular formula is C15H25N2O4+. The number of hydrogen-bond donors (Lipinski definition) is 2. The van der Waals surface area contributed by atoms with Gasteiger partial charge in [0.25, 0.3) is 0 Å². The Balaban J connectivity index is 3.26. The molecular weight excluding hydrogens is 272 g/mol. The summed E-state index contributed by atoms with van der Waals surface area (Å²) in [6, 6.07) is -1.51. The highest BCUT2D eigenvalue weighted by molar-refractivity contribution is 5.73. The molecule has 0 aliphatic carbocycles. The van der Waals surface area contributed by atoms with E-state index in [0.717, 1.165) is 0 Å². The molecule has 2 atom stereocenters. The number of imidazole rings is 1. The Labute approximate surface area is 125 Å². The standard InChI is InChI=1S/C15H24N2O4/c1-14(2,3)10(12(18)19)16-7-8-17(9-16)11(13(20)21)15(4,5)6/h7-11H,1-6H3,(H-,18,19,20,21)/p+1/t10-,11-/m1/s1. The monoisotopic (exact) mass is 297 g/mol. The number of carboxylic acids is 2. The van der Waals surface area contributed by atoms with Crippen molar-refractivity contribution in [3.8, 4) is 0 Å². The Kier molecular flexibility index (Phi) is 4.51. The molecule has 0 fully saturated rings. The summed E-state index contributed by atoms with van der Waals surface area (Å²) in [5.41, 5.74) is -0.966. The van der Waals surface area contributed by atoms with Gasteiger partial charge in [-0.3, -0.25) is 0 Å². The minimum absolute atomic E-state index is 0.483. The van der Waals surface area contributed by atoms with Crippen LogP contribution in [0.2, 0.25) is 0 Å². The molecule has 2 N–H and O–H groups in total. The lowest BCUT2D eigenvalue weighted by Gasteiger charge is -2.25. The second-order valence-electron chi connectivity index (χ2n) is 7.52. The molecule has 1 rings (SSSR count). The van der Waals surface area contributed by atoms with Crippen molar-refractivity contribution in [3.63, 3.8) is 0 Å². The van der Waals surface area contributed by atoms with Gasteiger partial charge in [-0.15, -0.1) is 0 Å². The summed E-state index contributed by atoms with van der Waals surface area (Å²) in [6.45, 7) is 11.1. The molecule has 6 nitrogen and oxygen atoms in total. The minimum atomic E-state index is -0.937. The summed E-state index contributed by atoms with van der Waals surface area (Å²) >= 11 is 0. The maximum Gasteiger partial charge on any atom is 0.349 e. The Morgan fingerprint density at radius 3 is 1.86 bits per heavy atom. The van der Waals surface area contributed by atoms with Gasteiger partial charge in [0.05, 0.1) is 0 Å². The van der Waals surface area contributed by atoms with Crippen LogP contribution in [0.3, 0.4) is 0 Å². The summed E-state index contributed by atoms with van der Waals surface area (Å²) < 4.78 is 3.12. The van der Waals surface area contributed by atoms with E-state index >= 15 is 0 Å². The number of carboxylic acid groups (broad SMARTS) is 2. The van der Waals surface area contributed by atoms with E-state index in [1.165, 1.54) is 0 Å².